The van der Waals surface area contributed by atoms with Crippen molar-refractivity contribution >= 4 is 22.7 Å². The van der Waals surface area contributed by atoms with Crippen LogP contribution in [0.1, 0.15) is 24.1 Å². The number of aromatic amines is 1. The third-order valence-electron chi connectivity index (χ3n) is 5.81. The van der Waals surface area contributed by atoms with Gasteiger partial charge in [-0.25, -0.2) is 0 Å². The van der Waals surface area contributed by atoms with Crippen LogP contribution in [0.3, 0.4) is 0 Å². The van der Waals surface area contributed by atoms with E-state index in [2.05, 4.69) is 44.1 Å². The first-order valence-electron chi connectivity index (χ1n) is 9.36. The summed E-state index contributed by atoms with van der Waals surface area (Å²) in [5.74, 6) is 1.53. The van der Waals surface area contributed by atoms with E-state index in [1.807, 2.05) is 6.07 Å². The normalized spacial score (nSPS) is 18.6. The van der Waals surface area contributed by atoms with Gasteiger partial charge in [-0.2, -0.15) is 9.97 Å². The Labute approximate surface area is 157 Å². The topological polar surface area (TPSA) is 89.3 Å². The van der Waals surface area contributed by atoms with Gasteiger partial charge in [0, 0.05) is 30.1 Å². The Morgan fingerprint density at radius 1 is 1.22 bits per heavy atom. The number of benzene rings is 1. The molecular weight excluding hydrogens is 342 g/mol. The molecule has 2 aliphatic rings. The van der Waals surface area contributed by atoms with Crippen LogP contribution in [0.25, 0.3) is 10.9 Å². The molecule has 1 aromatic carbocycles. The zero-order chi connectivity index (χ0) is 18.4. The number of methoxy groups -OCH3 is 1. The Morgan fingerprint density at radius 3 is 2.85 bits per heavy atom. The molecule has 3 N–H and O–H groups in total. The molecule has 0 unspecified atom stereocenters. The van der Waals surface area contributed by atoms with Gasteiger partial charge in [0.2, 0.25) is 11.8 Å². The number of aromatic nitrogens is 3. The summed E-state index contributed by atoms with van der Waals surface area (Å²) in [4.78, 5) is 14.3. The number of rotatable bonds is 2. The van der Waals surface area contributed by atoms with Crippen molar-refractivity contribution in [2.45, 2.75) is 24.9 Å². The average Bonchev–Trinajstić information content (AvgIpc) is 3.09. The summed E-state index contributed by atoms with van der Waals surface area (Å²) in [6.45, 7) is 2.45. The minimum atomic E-state index is -0.244. The molecule has 7 nitrogen and oxygen atoms in total. The molecule has 2 aromatic heterocycles. The van der Waals surface area contributed by atoms with Crippen molar-refractivity contribution in [1.82, 2.24) is 15.0 Å². The fourth-order valence-corrected chi connectivity index (χ4v) is 4.46. The van der Waals surface area contributed by atoms with E-state index in [4.69, 9.17) is 15.2 Å². The standard InChI is InChI=1S/C20H23N5O2/c1-26-17-12-16(23-19(21)24-17)25-9-7-20(8-10-25)18-14(6-11-27-20)13-4-2-3-5-15(13)22-18/h2-5,12,22H,6-11H2,1H3,(H2,21,23,24). The largest absolute Gasteiger partial charge is 0.481 e. The first-order chi connectivity index (χ1) is 13.2. The lowest BCUT2D eigenvalue weighted by Gasteiger charge is -2.44. The maximum atomic E-state index is 6.38. The van der Waals surface area contributed by atoms with Gasteiger partial charge in [-0.05, 0) is 30.9 Å². The summed E-state index contributed by atoms with van der Waals surface area (Å²) in [7, 11) is 1.59. The molecule has 3 aromatic rings. The second-order valence-electron chi connectivity index (χ2n) is 7.23. The number of hydrogen-bond acceptors (Lipinski definition) is 6. The number of anilines is 2. The molecule has 0 atom stereocenters. The Kier molecular flexibility index (Phi) is 3.72. The van der Waals surface area contributed by atoms with Crippen LogP contribution < -0.4 is 15.4 Å². The SMILES string of the molecule is COc1cc(N2CCC3(CC2)OCCc2c3[nH]c3ccccc23)nc(N)n1. The van der Waals surface area contributed by atoms with Crippen LogP contribution in [0.5, 0.6) is 5.88 Å². The highest BCUT2D eigenvalue weighted by molar-refractivity contribution is 5.85. The summed E-state index contributed by atoms with van der Waals surface area (Å²) in [5.41, 5.74) is 9.45. The van der Waals surface area contributed by atoms with Crippen molar-refractivity contribution in [1.29, 1.82) is 0 Å². The Balaban J connectivity index is 1.45. The average molecular weight is 365 g/mol. The number of nitrogens with two attached hydrogens (primary N) is 1. The lowest BCUT2D eigenvalue weighted by Crippen LogP contribution is -2.47. The van der Waals surface area contributed by atoms with E-state index < -0.39 is 0 Å². The van der Waals surface area contributed by atoms with Crippen LogP contribution in [0, 0.1) is 0 Å². The van der Waals surface area contributed by atoms with Crippen LogP contribution >= 0.6 is 0 Å². The molecule has 1 spiro atoms. The van der Waals surface area contributed by atoms with E-state index in [1.54, 1.807) is 7.11 Å². The van der Waals surface area contributed by atoms with Gasteiger partial charge < -0.3 is 25.1 Å². The monoisotopic (exact) mass is 365 g/mol. The van der Waals surface area contributed by atoms with Crippen molar-refractivity contribution in [2.75, 3.05) is 37.4 Å². The number of ether oxygens (including phenoxy) is 2. The quantitative estimate of drug-likeness (QED) is 0.726. The maximum absolute atomic E-state index is 6.38. The van der Waals surface area contributed by atoms with E-state index in [9.17, 15) is 0 Å². The molecule has 0 radical (unpaired) electrons. The molecule has 0 aliphatic carbocycles. The molecule has 5 rings (SSSR count). The molecule has 0 saturated carbocycles. The van der Waals surface area contributed by atoms with Gasteiger partial charge in [0.05, 0.1) is 19.4 Å². The second kappa shape index (κ2) is 6.13. The third-order valence-corrected chi connectivity index (χ3v) is 5.81. The van der Waals surface area contributed by atoms with E-state index in [0.29, 0.717) is 5.88 Å². The summed E-state index contributed by atoms with van der Waals surface area (Å²) >= 11 is 0. The second-order valence-corrected chi connectivity index (χ2v) is 7.23. The first-order valence-corrected chi connectivity index (χ1v) is 9.36. The number of H-pyrrole nitrogens is 1. The molecule has 1 saturated heterocycles. The zero-order valence-corrected chi connectivity index (χ0v) is 15.4. The third kappa shape index (κ3) is 2.61. The Bertz CT molecular complexity index is 991. The van der Waals surface area contributed by atoms with Crippen LogP contribution in [0.15, 0.2) is 30.3 Å². The van der Waals surface area contributed by atoms with Gasteiger partial charge in [-0.1, -0.05) is 18.2 Å². The molecule has 7 heteroatoms. The predicted molar refractivity (Wildman–Crippen MR) is 104 cm³/mol. The van der Waals surface area contributed by atoms with E-state index in [-0.39, 0.29) is 11.5 Å². The number of hydrogen-bond donors (Lipinski definition) is 2. The molecule has 140 valence electrons. The van der Waals surface area contributed by atoms with Crippen molar-refractivity contribution < 1.29 is 9.47 Å². The summed E-state index contributed by atoms with van der Waals surface area (Å²) in [6, 6.07) is 10.4. The minimum absolute atomic E-state index is 0.233. The number of nitrogens with one attached hydrogen (secondary N) is 1. The lowest BCUT2D eigenvalue weighted by molar-refractivity contribution is -0.0791. The fraction of sp³-hybridized carbons (Fsp3) is 0.400. The minimum Gasteiger partial charge on any atom is -0.481 e. The molecule has 0 bridgehead atoms. The van der Waals surface area contributed by atoms with E-state index >= 15 is 0 Å². The highest BCUT2D eigenvalue weighted by Gasteiger charge is 2.43. The fourth-order valence-electron chi connectivity index (χ4n) is 4.46. The van der Waals surface area contributed by atoms with Crippen molar-refractivity contribution in [3.8, 4) is 5.88 Å². The lowest BCUT2D eigenvalue weighted by atomic mass is 9.83. The number of nitrogen functional groups attached to an aromatic ring is 1. The highest BCUT2D eigenvalue weighted by Crippen LogP contribution is 2.44. The number of fused-ring (bicyclic) bond motifs is 4. The smallest absolute Gasteiger partial charge is 0.225 e. The van der Waals surface area contributed by atoms with Gasteiger partial charge in [0.1, 0.15) is 11.4 Å². The van der Waals surface area contributed by atoms with Gasteiger partial charge in [0.15, 0.2) is 0 Å². The highest BCUT2D eigenvalue weighted by atomic mass is 16.5. The van der Waals surface area contributed by atoms with Crippen LogP contribution in [-0.2, 0) is 16.8 Å². The Morgan fingerprint density at radius 2 is 2.04 bits per heavy atom. The van der Waals surface area contributed by atoms with Crippen molar-refractivity contribution in [3.63, 3.8) is 0 Å². The molecule has 0 amide bonds. The maximum Gasteiger partial charge on any atom is 0.225 e. The number of para-hydroxylation sites is 1. The predicted octanol–water partition coefficient (Wildman–Crippen LogP) is 2.62. The van der Waals surface area contributed by atoms with E-state index in [0.717, 1.165) is 44.8 Å². The number of piperidine rings is 1. The number of nitrogens with zero attached hydrogens (tertiary/aromatic N) is 3. The van der Waals surface area contributed by atoms with Crippen molar-refractivity contribution in [2.24, 2.45) is 0 Å². The zero-order valence-electron chi connectivity index (χ0n) is 15.4. The van der Waals surface area contributed by atoms with Gasteiger partial charge in [0.25, 0.3) is 0 Å². The molecule has 4 heterocycles. The first kappa shape index (κ1) is 16.4. The van der Waals surface area contributed by atoms with Gasteiger partial charge >= 0.3 is 0 Å². The molecule has 2 aliphatic heterocycles. The molecular formula is C20H23N5O2. The van der Waals surface area contributed by atoms with Gasteiger partial charge in [-0.3, -0.25) is 0 Å². The summed E-state index contributed by atoms with van der Waals surface area (Å²) in [6.07, 6.45) is 2.77. The van der Waals surface area contributed by atoms with Gasteiger partial charge in [-0.15, -0.1) is 0 Å². The molecule has 1 fully saturated rings. The van der Waals surface area contributed by atoms with Crippen LogP contribution in [0.2, 0.25) is 0 Å². The Hall–Kier alpha value is -2.80. The molecule has 27 heavy (non-hydrogen) atoms. The van der Waals surface area contributed by atoms with Crippen molar-refractivity contribution in [3.05, 3.63) is 41.6 Å². The van der Waals surface area contributed by atoms with E-state index in [1.165, 1.54) is 22.2 Å². The summed E-state index contributed by atoms with van der Waals surface area (Å²) in [5, 5.41) is 1.32. The van der Waals surface area contributed by atoms with Crippen LogP contribution in [0.4, 0.5) is 11.8 Å². The van der Waals surface area contributed by atoms with Crippen LogP contribution in [-0.4, -0.2) is 41.8 Å². The summed E-state index contributed by atoms with van der Waals surface area (Å²) < 4.78 is 11.6.